The average molecular weight is 301 g/mol. The first kappa shape index (κ1) is 13.7. The lowest BCUT2D eigenvalue weighted by Gasteiger charge is -2.09. The third kappa shape index (κ3) is 3.00. The molecule has 2 aromatic rings. The average Bonchev–Trinajstić information content (AvgIpc) is 2.71. The van der Waals surface area contributed by atoms with Crippen molar-refractivity contribution >= 4 is 34.5 Å². The summed E-state index contributed by atoms with van der Waals surface area (Å²) in [7, 11) is 1.66. The van der Waals surface area contributed by atoms with E-state index in [4.69, 9.17) is 27.9 Å². The zero-order valence-electron chi connectivity index (χ0n) is 10.2. The highest BCUT2D eigenvalue weighted by Crippen LogP contribution is 2.37. The van der Waals surface area contributed by atoms with E-state index in [1.807, 2.05) is 36.6 Å². The van der Waals surface area contributed by atoms with E-state index >= 15 is 0 Å². The van der Waals surface area contributed by atoms with Crippen molar-refractivity contribution in [2.24, 2.45) is 0 Å². The van der Waals surface area contributed by atoms with Crippen LogP contribution >= 0.6 is 34.5 Å². The molecule has 4 heteroatoms. The highest BCUT2D eigenvalue weighted by Gasteiger charge is 2.16. The number of alkyl halides is 1. The molecule has 96 valence electrons. The first-order valence-corrected chi connectivity index (χ1v) is 7.31. The van der Waals surface area contributed by atoms with E-state index in [-0.39, 0.29) is 5.38 Å². The molecule has 0 saturated heterocycles. The third-order valence-corrected chi connectivity index (χ3v) is 5.11. The zero-order valence-corrected chi connectivity index (χ0v) is 12.6. The fourth-order valence-electron chi connectivity index (χ4n) is 1.72. The molecule has 0 radical (unpaired) electrons. The maximum atomic E-state index is 6.43. The predicted octanol–water partition coefficient (Wildman–Crippen LogP) is 5.24. The third-order valence-electron chi connectivity index (χ3n) is 2.78. The van der Waals surface area contributed by atoms with Crippen LogP contribution < -0.4 is 4.74 Å². The molecule has 2 rings (SSSR count). The first-order valence-electron chi connectivity index (χ1n) is 5.62. The molecule has 0 fully saturated rings. The van der Waals surface area contributed by atoms with Gasteiger partial charge < -0.3 is 4.74 Å². The summed E-state index contributed by atoms with van der Waals surface area (Å²) in [6.07, 6.45) is 0.769. The number of rotatable bonds is 4. The van der Waals surface area contributed by atoms with Gasteiger partial charge in [0, 0.05) is 4.88 Å². The summed E-state index contributed by atoms with van der Waals surface area (Å²) in [6.45, 7) is 2.00. The van der Waals surface area contributed by atoms with Crippen molar-refractivity contribution < 1.29 is 4.74 Å². The fourth-order valence-corrected chi connectivity index (χ4v) is 3.52. The van der Waals surface area contributed by atoms with Crippen LogP contribution in [0, 0.1) is 6.92 Å². The number of aryl methyl sites for hydroxylation is 1. The van der Waals surface area contributed by atoms with Crippen molar-refractivity contribution in [3.8, 4) is 5.75 Å². The van der Waals surface area contributed by atoms with Gasteiger partial charge >= 0.3 is 0 Å². The number of benzene rings is 1. The summed E-state index contributed by atoms with van der Waals surface area (Å²) in [5.74, 6) is 0.856. The van der Waals surface area contributed by atoms with E-state index in [2.05, 4.69) is 0 Å². The van der Waals surface area contributed by atoms with Gasteiger partial charge in [0.1, 0.15) is 5.75 Å². The minimum absolute atomic E-state index is 0.0791. The standard InChI is InChI=1S/C14H14Cl2OS/c1-9-8-18-14(13(9)16)12(15)7-10-3-5-11(17-2)6-4-10/h3-6,8,12H,7H2,1-2H3. The quantitative estimate of drug-likeness (QED) is 0.702. The van der Waals surface area contributed by atoms with Crippen LogP contribution in [0.1, 0.15) is 21.4 Å². The second-order valence-corrected chi connectivity index (χ2v) is 5.93. The van der Waals surface area contributed by atoms with E-state index in [1.165, 1.54) is 5.56 Å². The number of methoxy groups -OCH3 is 1. The van der Waals surface area contributed by atoms with Crippen molar-refractivity contribution in [3.05, 3.63) is 50.7 Å². The lowest BCUT2D eigenvalue weighted by atomic mass is 10.1. The lowest BCUT2D eigenvalue weighted by molar-refractivity contribution is 0.414. The highest BCUT2D eigenvalue weighted by atomic mass is 35.5. The number of hydrogen-bond donors (Lipinski definition) is 0. The first-order chi connectivity index (χ1) is 8.61. The smallest absolute Gasteiger partial charge is 0.118 e. The van der Waals surface area contributed by atoms with Crippen molar-refractivity contribution in [2.75, 3.05) is 7.11 Å². The minimum Gasteiger partial charge on any atom is -0.497 e. The van der Waals surface area contributed by atoms with Crippen molar-refractivity contribution in [2.45, 2.75) is 18.7 Å². The Morgan fingerprint density at radius 2 is 1.94 bits per heavy atom. The van der Waals surface area contributed by atoms with Gasteiger partial charge in [0.2, 0.25) is 0 Å². The van der Waals surface area contributed by atoms with Crippen LogP contribution in [0.4, 0.5) is 0 Å². The molecule has 0 amide bonds. The van der Waals surface area contributed by atoms with Crippen molar-refractivity contribution in [1.29, 1.82) is 0 Å². The molecule has 18 heavy (non-hydrogen) atoms. The van der Waals surface area contributed by atoms with Gasteiger partial charge in [-0.1, -0.05) is 23.7 Å². The van der Waals surface area contributed by atoms with Gasteiger partial charge in [-0.05, 0) is 42.0 Å². The van der Waals surface area contributed by atoms with Gasteiger partial charge in [0.05, 0.1) is 17.5 Å². The summed E-state index contributed by atoms with van der Waals surface area (Å²) in [6, 6.07) is 7.95. The maximum absolute atomic E-state index is 6.43. The molecule has 0 spiro atoms. The summed E-state index contributed by atoms with van der Waals surface area (Å²) < 4.78 is 5.13. The maximum Gasteiger partial charge on any atom is 0.118 e. The minimum atomic E-state index is -0.0791. The number of ether oxygens (including phenoxy) is 1. The fraction of sp³-hybridized carbons (Fsp3) is 0.286. The SMILES string of the molecule is COc1ccc(CC(Cl)c2scc(C)c2Cl)cc1. The molecule has 1 aromatic carbocycles. The Labute approximate surface area is 121 Å². The molecule has 0 saturated carbocycles. The lowest BCUT2D eigenvalue weighted by Crippen LogP contribution is -1.94. The molecule has 0 aliphatic heterocycles. The summed E-state index contributed by atoms with van der Waals surface area (Å²) in [4.78, 5) is 1.05. The Morgan fingerprint density at radius 3 is 2.44 bits per heavy atom. The van der Waals surface area contributed by atoms with Crippen molar-refractivity contribution in [1.82, 2.24) is 0 Å². The second-order valence-electron chi connectivity index (χ2n) is 4.12. The summed E-state index contributed by atoms with van der Waals surface area (Å²) in [5.41, 5.74) is 2.27. The second kappa shape index (κ2) is 5.96. The van der Waals surface area contributed by atoms with E-state index in [0.717, 1.165) is 27.6 Å². The molecule has 1 aromatic heterocycles. The monoisotopic (exact) mass is 300 g/mol. The largest absolute Gasteiger partial charge is 0.497 e. The number of thiophene rings is 1. The molecule has 1 unspecified atom stereocenters. The van der Waals surface area contributed by atoms with Crippen LogP contribution in [-0.2, 0) is 6.42 Å². The molecular weight excluding hydrogens is 287 g/mol. The molecular formula is C14H14Cl2OS. The van der Waals surface area contributed by atoms with Gasteiger partial charge in [-0.2, -0.15) is 0 Å². The predicted molar refractivity (Wildman–Crippen MR) is 79.4 cm³/mol. The molecule has 1 heterocycles. The van der Waals surface area contributed by atoms with Gasteiger partial charge in [0.25, 0.3) is 0 Å². The van der Waals surface area contributed by atoms with Gasteiger partial charge in [-0.15, -0.1) is 22.9 Å². The van der Waals surface area contributed by atoms with Crippen LogP contribution in [0.25, 0.3) is 0 Å². The summed E-state index contributed by atoms with van der Waals surface area (Å²) in [5, 5.41) is 2.76. The number of halogens is 2. The molecule has 0 bridgehead atoms. The van der Waals surface area contributed by atoms with Gasteiger partial charge in [-0.3, -0.25) is 0 Å². The molecule has 1 atom stereocenters. The Balaban J connectivity index is 2.11. The zero-order chi connectivity index (χ0) is 13.1. The highest BCUT2D eigenvalue weighted by molar-refractivity contribution is 7.11. The van der Waals surface area contributed by atoms with Crippen LogP contribution in [0.15, 0.2) is 29.6 Å². The Hall–Kier alpha value is -0.700. The van der Waals surface area contributed by atoms with E-state index in [1.54, 1.807) is 18.4 Å². The van der Waals surface area contributed by atoms with E-state index < -0.39 is 0 Å². The topological polar surface area (TPSA) is 9.23 Å². The summed E-state index contributed by atoms with van der Waals surface area (Å²) >= 11 is 14.3. The molecule has 0 N–H and O–H groups in total. The van der Waals surface area contributed by atoms with Crippen LogP contribution in [0.2, 0.25) is 5.02 Å². The van der Waals surface area contributed by atoms with Crippen LogP contribution in [0.5, 0.6) is 5.75 Å². The molecule has 1 nitrogen and oxygen atoms in total. The molecule has 0 aliphatic rings. The Bertz CT molecular complexity index is 519. The van der Waals surface area contributed by atoms with E-state index in [0.29, 0.717) is 0 Å². The number of hydrogen-bond acceptors (Lipinski definition) is 2. The Morgan fingerprint density at radius 1 is 1.28 bits per heavy atom. The van der Waals surface area contributed by atoms with E-state index in [9.17, 15) is 0 Å². The Kier molecular flexibility index (Phi) is 4.55. The molecule has 0 aliphatic carbocycles. The van der Waals surface area contributed by atoms with Crippen LogP contribution in [-0.4, -0.2) is 7.11 Å². The van der Waals surface area contributed by atoms with Gasteiger partial charge in [0.15, 0.2) is 0 Å². The van der Waals surface area contributed by atoms with Crippen molar-refractivity contribution in [3.63, 3.8) is 0 Å². The van der Waals surface area contributed by atoms with Crippen LogP contribution in [0.3, 0.4) is 0 Å². The normalized spacial score (nSPS) is 12.4. The van der Waals surface area contributed by atoms with Gasteiger partial charge in [-0.25, -0.2) is 0 Å².